The molecule has 0 saturated carbocycles. The lowest BCUT2D eigenvalue weighted by Gasteiger charge is -2.37. The van der Waals surface area contributed by atoms with Gasteiger partial charge in [0.1, 0.15) is 6.10 Å². The molecule has 1 fully saturated rings. The van der Waals surface area contributed by atoms with Gasteiger partial charge in [0.15, 0.2) is 0 Å². The van der Waals surface area contributed by atoms with Gasteiger partial charge in [-0.25, -0.2) is 8.42 Å². The predicted molar refractivity (Wildman–Crippen MR) is 69.8 cm³/mol. The fourth-order valence-electron chi connectivity index (χ4n) is 1.75. The maximum Gasteiger partial charge on any atom is 0.523 e. The molecule has 2 rings (SSSR count). The van der Waals surface area contributed by atoms with Crippen LogP contribution in [-0.2, 0) is 24.3 Å². The first-order valence-corrected chi connectivity index (χ1v) is 8.85. The molecule has 0 amide bonds. The van der Waals surface area contributed by atoms with Crippen LogP contribution in [0.1, 0.15) is 5.56 Å². The summed E-state index contributed by atoms with van der Waals surface area (Å²) < 4.78 is 87.1. The van der Waals surface area contributed by atoms with Crippen LogP contribution in [0.15, 0.2) is 29.2 Å². The van der Waals surface area contributed by atoms with E-state index in [1.165, 1.54) is 12.1 Å². The van der Waals surface area contributed by atoms with E-state index in [9.17, 15) is 30.0 Å². The molecule has 1 aromatic rings. The Balaban J connectivity index is 2.04. The molecule has 0 atom stereocenters. The molecule has 0 aliphatic carbocycles. The lowest BCUT2D eigenvalue weighted by molar-refractivity contribution is -0.0619. The molecule has 124 valence electrons. The molecule has 0 bridgehead atoms. The van der Waals surface area contributed by atoms with Crippen molar-refractivity contribution in [1.82, 2.24) is 4.31 Å². The van der Waals surface area contributed by atoms with Crippen LogP contribution in [0.3, 0.4) is 0 Å². The van der Waals surface area contributed by atoms with Crippen LogP contribution in [0, 0.1) is 6.92 Å². The molecule has 1 aromatic carbocycles. The second-order valence-corrected chi connectivity index (χ2v) is 8.25. The molecule has 1 aliphatic rings. The highest BCUT2D eigenvalue weighted by Crippen LogP contribution is 2.30. The highest BCUT2D eigenvalue weighted by Gasteiger charge is 2.51. The van der Waals surface area contributed by atoms with E-state index >= 15 is 0 Å². The molecule has 1 heterocycles. The van der Waals surface area contributed by atoms with E-state index in [4.69, 9.17) is 0 Å². The average molecular weight is 359 g/mol. The Morgan fingerprint density at radius 2 is 1.59 bits per heavy atom. The number of alkyl halides is 3. The fraction of sp³-hybridized carbons (Fsp3) is 0.455. The van der Waals surface area contributed by atoms with Gasteiger partial charge in [-0.1, -0.05) is 17.7 Å². The largest absolute Gasteiger partial charge is 0.523 e. The van der Waals surface area contributed by atoms with E-state index < -0.39 is 44.8 Å². The monoisotopic (exact) mass is 359 g/mol. The third-order valence-corrected chi connectivity index (χ3v) is 5.96. The van der Waals surface area contributed by atoms with Gasteiger partial charge < -0.3 is 0 Å². The van der Waals surface area contributed by atoms with Crippen molar-refractivity contribution in [2.45, 2.75) is 23.4 Å². The topological polar surface area (TPSA) is 80.8 Å². The zero-order valence-electron chi connectivity index (χ0n) is 11.2. The lowest BCUT2D eigenvalue weighted by atomic mass is 10.2. The van der Waals surface area contributed by atoms with Gasteiger partial charge in [0.05, 0.1) is 4.90 Å². The Kier molecular flexibility index (Phi) is 4.28. The minimum absolute atomic E-state index is 0.0183. The summed E-state index contributed by atoms with van der Waals surface area (Å²) in [6.45, 7) is 0.864. The van der Waals surface area contributed by atoms with Crippen molar-refractivity contribution >= 4 is 20.1 Å². The first-order chi connectivity index (χ1) is 9.93. The number of sulfonamides is 1. The van der Waals surface area contributed by atoms with Gasteiger partial charge in [-0.15, -0.1) is 0 Å². The van der Waals surface area contributed by atoms with Crippen LogP contribution in [-0.4, -0.2) is 45.8 Å². The highest BCUT2D eigenvalue weighted by atomic mass is 32.2. The number of hydrogen-bond donors (Lipinski definition) is 0. The molecule has 1 saturated heterocycles. The minimum Gasteiger partial charge on any atom is -0.257 e. The second-order valence-electron chi connectivity index (χ2n) is 4.75. The summed E-state index contributed by atoms with van der Waals surface area (Å²) in [6, 6.07) is 5.89. The van der Waals surface area contributed by atoms with Crippen LogP contribution in [0.4, 0.5) is 13.2 Å². The summed E-state index contributed by atoms with van der Waals surface area (Å²) in [6.07, 6.45) is -1.34. The molecule has 6 nitrogen and oxygen atoms in total. The van der Waals surface area contributed by atoms with Crippen molar-refractivity contribution in [3.63, 3.8) is 0 Å². The van der Waals surface area contributed by atoms with Crippen LogP contribution in [0.5, 0.6) is 0 Å². The summed E-state index contributed by atoms with van der Waals surface area (Å²) in [5, 5.41) is 0. The van der Waals surface area contributed by atoms with Crippen molar-refractivity contribution in [3.8, 4) is 0 Å². The maximum absolute atomic E-state index is 12.1. The molecule has 0 spiro atoms. The van der Waals surface area contributed by atoms with Gasteiger partial charge in [0.25, 0.3) is 0 Å². The Labute approximate surface area is 125 Å². The fourth-order valence-corrected chi connectivity index (χ4v) is 3.84. The van der Waals surface area contributed by atoms with Crippen molar-refractivity contribution in [3.05, 3.63) is 29.8 Å². The van der Waals surface area contributed by atoms with E-state index in [1.807, 2.05) is 0 Å². The number of rotatable bonds is 4. The van der Waals surface area contributed by atoms with Crippen LogP contribution >= 0.6 is 0 Å². The van der Waals surface area contributed by atoms with Crippen molar-refractivity contribution in [2.75, 3.05) is 13.1 Å². The quantitative estimate of drug-likeness (QED) is 0.597. The predicted octanol–water partition coefficient (Wildman–Crippen LogP) is 1.23. The Bertz CT molecular complexity index is 750. The summed E-state index contributed by atoms with van der Waals surface area (Å²) in [7, 11) is -9.58. The first kappa shape index (κ1) is 17.2. The third-order valence-electron chi connectivity index (χ3n) is 3.02. The van der Waals surface area contributed by atoms with E-state index in [0.717, 1.165) is 9.87 Å². The summed E-state index contributed by atoms with van der Waals surface area (Å²) in [5.41, 5.74) is -4.68. The van der Waals surface area contributed by atoms with Crippen LogP contribution in [0.2, 0.25) is 0 Å². The Morgan fingerprint density at radius 3 is 2.05 bits per heavy atom. The summed E-state index contributed by atoms with van der Waals surface area (Å²) >= 11 is 0. The zero-order chi connectivity index (χ0) is 16.8. The lowest BCUT2D eigenvalue weighted by Crippen LogP contribution is -2.55. The van der Waals surface area contributed by atoms with E-state index in [1.54, 1.807) is 19.1 Å². The standard InChI is InChI=1S/C11H12F3NO5S2/c1-8-2-4-10(5-3-8)21(16,17)15-6-9(7-15)20-22(18,19)11(12,13)14/h2-5,9H,6-7H2,1H3. The van der Waals surface area contributed by atoms with Gasteiger partial charge >= 0.3 is 15.6 Å². The number of benzene rings is 1. The molecular formula is C11H12F3NO5S2. The molecule has 11 heteroatoms. The number of nitrogens with zero attached hydrogens (tertiary/aromatic N) is 1. The molecule has 0 N–H and O–H groups in total. The van der Waals surface area contributed by atoms with Gasteiger partial charge in [-0.3, -0.25) is 4.18 Å². The second kappa shape index (κ2) is 5.48. The Hall–Kier alpha value is -1.17. The van der Waals surface area contributed by atoms with E-state index in [2.05, 4.69) is 4.18 Å². The molecular weight excluding hydrogens is 347 g/mol. The Morgan fingerprint density at radius 1 is 1.09 bits per heavy atom. The summed E-state index contributed by atoms with van der Waals surface area (Å²) in [5.74, 6) is 0. The zero-order valence-corrected chi connectivity index (χ0v) is 12.9. The normalized spacial score (nSPS) is 18.2. The van der Waals surface area contributed by atoms with Gasteiger partial charge in [0, 0.05) is 13.1 Å². The van der Waals surface area contributed by atoms with Crippen LogP contribution in [0.25, 0.3) is 0 Å². The number of aryl methyl sites for hydroxylation is 1. The molecule has 0 aromatic heterocycles. The van der Waals surface area contributed by atoms with Gasteiger partial charge in [-0.2, -0.15) is 25.9 Å². The SMILES string of the molecule is Cc1ccc(S(=O)(=O)N2CC(OS(=O)(=O)C(F)(F)F)C2)cc1. The first-order valence-electron chi connectivity index (χ1n) is 6.00. The van der Waals surface area contributed by atoms with Crippen molar-refractivity contribution in [2.24, 2.45) is 0 Å². The molecule has 1 aliphatic heterocycles. The van der Waals surface area contributed by atoms with E-state index in [0.29, 0.717) is 0 Å². The number of halogens is 3. The minimum atomic E-state index is -5.72. The van der Waals surface area contributed by atoms with Gasteiger partial charge in [-0.05, 0) is 19.1 Å². The smallest absolute Gasteiger partial charge is 0.257 e. The van der Waals surface area contributed by atoms with Crippen LogP contribution < -0.4 is 0 Å². The highest BCUT2D eigenvalue weighted by molar-refractivity contribution is 7.89. The van der Waals surface area contributed by atoms with Crippen molar-refractivity contribution in [1.29, 1.82) is 0 Å². The average Bonchev–Trinajstić information content (AvgIpc) is 2.32. The number of hydrogen-bond acceptors (Lipinski definition) is 5. The third kappa shape index (κ3) is 3.26. The molecule has 0 radical (unpaired) electrons. The maximum atomic E-state index is 12.1. The summed E-state index contributed by atoms with van der Waals surface area (Å²) in [4.78, 5) is -0.0183. The van der Waals surface area contributed by atoms with Gasteiger partial charge in [0.2, 0.25) is 10.0 Å². The molecule has 22 heavy (non-hydrogen) atoms. The molecule has 0 unspecified atom stereocenters. The van der Waals surface area contributed by atoms with Crippen molar-refractivity contribution < 1.29 is 34.2 Å². The van der Waals surface area contributed by atoms with E-state index in [-0.39, 0.29) is 4.90 Å².